The lowest BCUT2D eigenvalue weighted by Crippen LogP contribution is -2.23. The summed E-state index contributed by atoms with van der Waals surface area (Å²) in [6.07, 6.45) is 2.19. The number of ether oxygens (including phenoxy) is 1. The summed E-state index contributed by atoms with van der Waals surface area (Å²) in [7, 11) is 0. The molecule has 1 saturated heterocycles. The van der Waals surface area contributed by atoms with Gasteiger partial charge in [0, 0.05) is 25.8 Å². The van der Waals surface area contributed by atoms with Crippen LogP contribution in [0.3, 0.4) is 0 Å². The molecule has 1 aliphatic heterocycles. The summed E-state index contributed by atoms with van der Waals surface area (Å²) in [6.45, 7) is 2.58. The SMILES string of the molecule is Nc1cc(Br)nc(NCC2CCOCC2)n1. The lowest BCUT2D eigenvalue weighted by Gasteiger charge is -2.22. The van der Waals surface area contributed by atoms with Crippen molar-refractivity contribution in [1.82, 2.24) is 9.97 Å². The van der Waals surface area contributed by atoms with Crippen molar-refractivity contribution in [3.63, 3.8) is 0 Å². The zero-order valence-electron chi connectivity index (χ0n) is 8.95. The van der Waals surface area contributed by atoms with E-state index >= 15 is 0 Å². The molecule has 3 N–H and O–H groups in total. The summed E-state index contributed by atoms with van der Waals surface area (Å²) in [5, 5.41) is 3.21. The van der Waals surface area contributed by atoms with Crippen molar-refractivity contribution in [1.29, 1.82) is 0 Å². The van der Waals surface area contributed by atoms with E-state index in [4.69, 9.17) is 10.5 Å². The molecule has 16 heavy (non-hydrogen) atoms. The summed E-state index contributed by atoms with van der Waals surface area (Å²) in [4.78, 5) is 8.31. The fourth-order valence-corrected chi connectivity index (χ4v) is 2.10. The van der Waals surface area contributed by atoms with E-state index in [2.05, 4.69) is 31.2 Å². The first-order chi connectivity index (χ1) is 7.74. The van der Waals surface area contributed by atoms with E-state index < -0.39 is 0 Å². The van der Waals surface area contributed by atoms with Crippen LogP contribution in [0.4, 0.5) is 11.8 Å². The van der Waals surface area contributed by atoms with Gasteiger partial charge in [-0.3, -0.25) is 0 Å². The molecular formula is C10H15BrN4O. The van der Waals surface area contributed by atoms with E-state index in [9.17, 15) is 0 Å². The van der Waals surface area contributed by atoms with Gasteiger partial charge in [0.2, 0.25) is 5.95 Å². The zero-order chi connectivity index (χ0) is 11.4. The van der Waals surface area contributed by atoms with Crippen LogP contribution in [0, 0.1) is 5.92 Å². The van der Waals surface area contributed by atoms with Gasteiger partial charge in [-0.05, 0) is 34.7 Å². The second-order valence-electron chi connectivity index (χ2n) is 3.88. The van der Waals surface area contributed by atoms with Gasteiger partial charge in [0.05, 0.1) is 0 Å². The van der Waals surface area contributed by atoms with Crippen LogP contribution in [0.25, 0.3) is 0 Å². The minimum atomic E-state index is 0.469. The maximum atomic E-state index is 5.63. The second-order valence-corrected chi connectivity index (χ2v) is 4.69. The van der Waals surface area contributed by atoms with Gasteiger partial charge in [-0.15, -0.1) is 0 Å². The van der Waals surface area contributed by atoms with Crippen LogP contribution < -0.4 is 11.1 Å². The number of aromatic nitrogens is 2. The van der Waals surface area contributed by atoms with Crippen molar-refractivity contribution in [3.05, 3.63) is 10.7 Å². The van der Waals surface area contributed by atoms with Crippen molar-refractivity contribution >= 4 is 27.7 Å². The van der Waals surface area contributed by atoms with Gasteiger partial charge in [0.15, 0.2) is 0 Å². The highest BCUT2D eigenvalue weighted by Crippen LogP contribution is 2.16. The first-order valence-electron chi connectivity index (χ1n) is 5.36. The fourth-order valence-electron chi connectivity index (χ4n) is 1.70. The third-order valence-corrected chi connectivity index (χ3v) is 3.01. The summed E-state index contributed by atoms with van der Waals surface area (Å²) in [6, 6.07) is 1.68. The molecule has 5 nitrogen and oxygen atoms in total. The van der Waals surface area contributed by atoms with Crippen molar-refractivity contribution in [2.75, 3.05) is 30.8 Å². The predicted molar refractivity (Wildman–Crippen MR) is 66.2 cm³/mol. The molecule has 1 aliphatic rings. The predicted octanol–water partition coefficient (Wildman–Crippen LogP) is 1.66. The normalized spacial score (nSPS) is 17.3. The van der Waals surface area contributed by atoms with Crippen LogP contribution in [0.2, 0.25) is 0 Å². The molecule has 0 spiro atoms. The van der Waals surface area contributed by atoms with Gasteiger partial charge in [0.25, 0.3) is 0 Å². The van der Waals surface area contributed by atoms with E-state index in [1.165, 1.54) is 0 Å². The van der Waals surface area contributed by atoms with Gasteiger partial charge < -0.3 is 15.8 Å². The van der Waals surface area contributed by atoms with E-state index in [1.54, 1.807) is 6.07 Å². The summed E-state index contributed by atoms with van der Waals surface area (Å²) >= 11 is 3.29. The van der Waals surface area contributed by atoms with Crippen molar-refractivity contribution in [2.45, 2.75) is 12.8 Å². The van der Waals surface area contributed by atoms with E-state index in [0.717, 1.165) is 32.6 Å². The molecule has 0 amide bonds. The first kappa shape index (κ1) is 11.6. The van der Waals surface area contributed by atoms with Crippen LogP contribution in [0.5, 0.6) is 0 Å². The highest BCUT2D eigenvalue weighted by Gasteiger charge is 2.13. The van der Waals surface area contributed by atoms with Gasteiger partial charge in [-0.25, -0.2) is 4.98 Å². The molecule has 0 atom stereocenters. The Kier molecular flexibility index (Phi) is 3.95. The molecule has 2 rings (SSSR count). The minimum Gasteiger partial charge on any atom is -0.383 e. The van der Waals surface area contributed by atoms with Gasteiger partial charge in [-0.1, -0.05) is 0 Å². The number of halogens is 1. The molecule has 0 saturated carbocycles. The fraction of sp³-hybridized carbons (Fsp3) is 0.600. The van der Waals surface area contributed by atoms with Crippen molar-refractivity contribution < 1.29 is 4.74 Å². The molecule has 6 heteroatoms. The Balaban J connectivity index is 1.88. The second kappa shape index (κ2) is 5.45. The number of nitrogens with zero attached hydrogens (tertiary/aromatic N) is 2. The number of rotatable bonds is 3. The minimum absolute atomic E-state index is 0.469. The number of hydrogen-bond donors (Lipinski definition) is 2. The lowest BCUT2D eigenvalue weighted by molar-refractivity contribution is 0.0699. The maximum absolute atomic E-state index is 5.63. The van der Waals surface area contributed by atoms with Gasteiger partial charge >= 0.3 is 0 Å². The van der Waals surface area contributed by atoms with Crippen molar-refractivity contribution in [2.24, 2.45) is 5.92 Å². The Morgan fingerprint density at radius 1 is 1.44 bits per heavy atom. The average Bonchev–Trinajstić information content (AvgIpc) is 2.27. The standard InChI is InChI=1S/C10H15BrN4O/c11-8-5-9(12)15-10(14-8)13-6-7-1-3-16-4-2-7/h5,7H,1-4,6H2,(H3,12,13,14,15). The maximum Gasteiger partial charge on any atom is 0.225 e. The van der Waals surface area contributed by atoms with E-state index in [-0.39, 0.29) is 0 Å². The number of hydrogen-bond acceptors (Lipinski definition) is 5. The summed E-state index contributed by atoms with van der Waals surface area (Å²) in [5.41, 5.74) is 5.63. The molecule has 88 valence electrons. The van der Waals surface area contributed by atoms with Crippen LogP contribution in [0.15, 0.2) is 10.7 Å². The molecule has 0 aliphatic carbocycles. The van der Waals surface area contributed by atoms with Crippen LogP contribution in [-0.2, 0) is 4.74 Å². The molecule has 0 unspecified atom stereocenters. The molecule has 1 aromatic rings. The number of anilines is 2. The largest absolute Gasteiger partial charge is 0.383 e. The quantitative estimate of drug-likeness (QED) is 0.827. The molecule has 0 radical (unpaired) electrons. The Labute approximate surface area is 103 Å². The smallest absolute Gasteiger partial charge is 0.225 e. The Bertz CT molecular complexity index is 334. The van der Waals surface area contributed by atoms with Gasteiger partial charge in [0.1, 0.15) is 10.4 Å². The van der Waals surface area contributed by atoms with Gasteiger partial charge in [-0.2, -0.15) is 4.98 Å². The zero-order valence-corrected chi connectivity index (χ0v) is 10.5. The molecule has 2 heterocycles. The van der Waals surface area contributed by atoms with Crippen LogP contribution in [-0.4, -0.2) is 29.7 Å². The highest BCUT2D eigenvalue weighted by atomic mass is 79.9. The third-order valence-electron chi connectivity index (χ3n) is 2.60. The molecule has 0 bridgehead atoms. The first-order valence-corrected chi connectivity index (χ1v) is 6.15. The Morgan fingerprint density at radius 3 is 2.88 bits per heavy atom. The molecular weight excluding hydrogens is 272 g/mol. The summed E-state index contributed by atoms with van der Waals surface area (Å²) < 4.78 is 6.01. The van der Waals surface area contributed by atoms with E-state index in [1.807, 2.05) is 0 Å². The highest BCUT2D eigenvalue weighted by molar-refractivity contribution is 9.10. The third kappa shape index (κ3) is 3.31. The van der Waals surface area contributed by atoms with Crippen molar-refractivity contribution in [3.8, 4) is 0 Å². The topological polar surface area (TPSA) is 73.1 Å². The number of nitrogens with two attached hydrogens (primary N) is 1. The molecule has 1 fully saturated rings. The Morgan fingerprint density at radius 2 is 2.19 bits per heavy atom. The van der Waals surface area contributed by atoms with E-state index in [0.29, 0.717) is 22.3 Å². The average molecular weight is 287 g/mol. The van der Waals surface area contributed by atoms with Crippen LogP contribution >= 0.6 is 15.9 Å². The Hall–Kier alpha value is -0.880. The number of nitrogens with one attached hydrogen (secondary N) is 1. The van der Waals surface area contributed by atoms with Crippen LogP contribution in [0.1, 0.15) is 12.8 Å². The monoisotopic (exact) mass is 286 g/mol. The lowest BCUT2D eigenvalue weighted by atomic mass is 10.0. The summed E-state index contributed by atoms with van der Waals surface area (Å²) in [5.74, 6) is 1.69. The molecule has 1 aromatic heterocycles. The number of nitrogen functional groups attached to an aromatic ring is 1. The molecule has 0 aromatic carbocycles.